The molecule has 122 valence electrons. The number of ether oxygens (including phenoxy) is 2. The molecule has 1 atom stereocenters. The Morgan fingerprint density at radius 1 is 1.09 bits per heavy atom. The fourth-order valence-electron chi connectivity index (χ4n) is 3.34. The molecular weight excluding hydrogens is 284 g/mol. The van der Waals surface area contributed by atoms with E-state index in [2.05, 4.69) is 36.9 Å². The van der Waals surface area contributed by atoms with E-state index in [1.807, 2.05) is 12.1 Å². The Hall–Kier alpha value is -1.96. The third-order valence-corrected chi connectivity index (χ3v) is 4.77. The number of methoxy groups -OCH3 is 1. The summed E-state index contributed by atoms with van der Waals surface area (Å²) in [6.45, 7) is 4.24. The van der Waals surface area contributed by atoms with E-state index in [4.69, 9.17) is 9.47 Å². The molecule has 1 fully saturated rings. The summed E-state index contributed by atoms with van der Waals surface area (Å²) in [5, 5.41) is 0. The number of allylic oxidation sites excluding steroid dienone is 4. The summed E-state index contributed by atoms with van der Waals surface area (Å²) in [5.74, 6) is 2.23. The normalized spacial score (nSPS) is 21.9. The summed E-state index contributed by atoms with van der Waals surface area (Å²) in [7, 11) is 1.69. The molecule has 0 radical (unpaired) electrons. The van der Waals surface area contributed by atoms with E-state index < -0.39 is 0 Å². The van der Waals surface area contributed by atoms with E-state index in [9.17, 15) is 0 Å². The van der Waals surface area contributed by atoms with Gasteiger partial charge in [-0.2, -0.15) is 0 Å². The second-order valence-corrected chi connectivity index (χ2v) is 6.52. The van der Waals surface area contributed by atoms with Crippen LogP contribution in [0.15, 0.2) is 60.4 Å². The lowest BCUT2D eigenvalue weighted by Crippen LogP contribution is -2.17. The van der Waals surface area contributed by atoms with Crippen LogP contribution in [0, 0.1) is 5.92 Å². The summed E-state index contributed by atoms with van der Waals surface area (Å²) in [4.78, 5) is 0. The average molecular weight is 310 g/mol. The molecule has 0 spiro atoms. The Bertz CT molecular complexity index is 589. The molecule has 2 aliphatic carbocycles. The average Bonchev–Trinajstić information content (AvgIpc) is 2.59. The van der Waals surface area contributed by atoms with Crippen LogP contribution in [0.4, 0.5) is 0 Å². The molecule has 0 bridgehead atoms. The van der Waals surface area contributed by atoms with Gasteiger partial charge in [0.1, 0.15) is 11.5 Å². The van der Waals surface area contributed by atoms with Gasteiger partial charge in [-0.15, -0.1) is 0 Å². The fourth-order valence-corrected chi connectivity index (χ4v) is 3.34. The highest BCUT2D eigenvalue weighted by Gasteiger charge is 2.18. The van der Waals surface area contributed by atoms with Gasteiger partial charge in [0.25, 0.3) is 0 Å². The van der Waals surface area contributed by atoms with Gasteiger partial charge in [-0.05, 0) is 67.5 Å². The second kappa shape index (κ2) is 7.54. The van der Waals surface area contributed by atoms with Crippen LogP contribution in [-0.4, -0.2) is 13.2 Å². The zero-order chi connectivity index (χ0) is 16.1. The van der Waals surface area contributed by atoms with Gasteiger partial charge in [-0.3, -0.25) is 0 Å². The van der Waals surface area contributed by atoms with Crippen molar-refractivity contribution in [1.29, 1.82) is 0 Å². The van der Waals surface area contributed by atoms with E-state index in [1.165, 1.54) is 37.7 Å². The van der Waals surface area contributed by atoms with E-state index in [0.717, 1.165) is 23.5 Å². The maximum atomic E-state index is 6.13. The first-order valence-corrected chi connectivity index (χ1v) is 8.63. The zero-order valence-electron chi connectivity index (χ0n) is 14.0. The quantitative estimate of drug-likeness (QED) is 0.743. The monoisotopic (exact) mass is 310 g/mol. The van der Waals surface area contributed by atoms with Crippen LogP contribution in [-0.2, 0) is 11.2 Å². The molecule has 1 aromatic carbocycles. The summed E-state index contributed by atoms with van der Waals surface area (Å²) in [6.07, 6.45) is 14.1. The van der Waals surface area contributed by atoms with Gasteiger partial charge in [-0.1, -0.05) is 31.2 Å². The molecule has 23 heavy (non-hydrogen) atoms. The van der Waals surface area contributed by atoms with Crippen molar-refractivity contribution in [3.05, 3.63) is 66.0 Å². The Morgan fingerprint density at radius 2 is 1.83 bits per heavy atom. The van der Waals surface area contributed by atoms with Crippen molar-refractivity contribution in [1.82, 2.24) is 0 Å². The van der Waals surface area contributed by atoms with E-state index >= 15 is 0 Å². The first-order chi connectivity index (χ1) is 11.2. The van der Waals surface area contributed by atoms with Crippen LogP contribution in [0.1, 0.15) is 37.7 Å². The Morgan fingerprint density at radius 3 is 2.48 bits per heavy atom. The number of benzene rings is 1. The SMILES string of the molecule is C=C1C=C(OC2CCCCC2)C=CC1Cc1ccc(OC)cc1. The molecule has 0 amide bonds. The van der Waals surface area contributed by atoms with Crippen molar-refractivity contribution in [2.45, 2.75) is 44.6 Å². The molecule has 1 aromatic rings. The molecular formula is C21H26O2. The number of hydrogen-bond acceptors (Lipinski definition) is 2. The molecule has 0 heterocycles. The van der Waals surface area contributed by atoms with Crippen LogP contribution in [0.5, 0.6) is 5.75 Å². The molecule has 3 rings (SSSR count). The van der Waals surface area contributed by atoms with Gasteiger partial charge in [0, 0.05) is 5.92 Å². The first kappa shape index (κ1) is 15.9. The van der Waals surface area contributed by atoms with Crippen molar-refractivity contribution < 1.29 is 9.47 Å². The smallest absolute Gasteiger partial charge is 0.119 e. The summed E-state index contributed by atoms with van der Waals surface area (Å²) >= 11 is 0. The maximum Gasteiger partial charge on any atom is 0.119 e. The second-order valence-electron chi connectivity index (χ2n) is 6.52. The molecule has 0 aliphatic heterocycles. The largest absolute Gasteiger partial charge is 0.497 e. The molecule has 2 heteroatoms. The highest BCUT2D eigenvalue weighted by Crippen LogP contribution is 2.29. The van der Waals surface area contributed by atoms with Crippen LogP contribution in [0.2, 0.25) is 0 Å². The molecule has 2 nitrogen and oxygen atoms in total. The van der Waals surface area contributed by atoms with Crippen molar-refractivity contribution in [2.24, 2.45) is 5.92 Å². The Labute approximate surface area is 139 Å². The van der Waals surface area contributed by atoms with E-state index in [0.29, 0.717) is 12.0 Å². The van der Waals surface area contributed by atoms with Crippen molar-refractivity contribution in [3.8, 4) is 5.75 Å². The summed E-state index contributed by atoms with van der Waals surface area (Å²) in [5.41, 5.74) is 2.43. The maximum absolute atomic E-state index is 6.13. The van der Waals surface area contributed by atoms with Gasteiger partial charge >= 0.3 is 0 Å². The topological polar surface area (TPSA) is 18.5 Å². The summed E-state index contributed by atoms with van der Waals surface area (Å²) in [6, 6.07) is 8.27. The summed E-state index contributed by atoms with van der Waals surface area (Å²) < 4.78 is 11.3. The minimum absolute atomic E-state index is 0.349. The lowest BCUT2D eigenvalue weighted by molar-refractivity contribution is 0.0893. The van der Waals surface area contributed by atoms with E-state index in [1.54, 1.807) is 7.11 Å². The van der Waals surface area contributed by atoms with Crippen LogP contribution >= 0.6 is 0 Å². The van der Waals surface area contributed by atoms with Crippen LogP contribution in [0.25, 0.3) is 0 Å². The fraction of sp³-hybridized carbons (Fsp3) is 0.429. The van der Waals surface area contributed by atoms with Gasteiger partial charge < -0.3 is 9.47 Å². The third-order valence-electron chi connectivity index (χ3n) is 4.77. The van der Waals surface area contributed by atoms with Crippen LogP contribution < -0.4 is 4.74 Å². The lowest BCUT2D eigenvalue weighted by atomic mass is 9.89. The minimum Gasteiger partial charge on any atom is -0.497 e. The van der Waals surface area contributed by atoms with Crippen molar-refractivity contribution in [3.63, 3.8) is 0 Å². The molecule has 0 aromatic heterocycles. The lowest BCUT2D eigenvalue weighted by Gasteiger charge is -2.26. The standard InChI is InChI=1S/C21H26O2/c1-16-14-21(23-20-6-4-3-5-7-20)13-10-18(16)15-17-8-11-19(22-2)12-9-17/h8-14,18,20H,1,3-7,15H2,2H3. The predicted octanol–water partition coefficient (Wildman–Crippen LogP) is 5.21. The van der Waals surface area contributed by atoms with Gasteiger partial charge in [0.2, 0.25) is 0 Å². The highest BCUT2D eigenvalue weighted by atomic mass is 16.5. The molecule has 2 aliphatic rings. The van der Waals surface area contributed by atoms with E-state index in [-0.39, 0.29) is 0 Å². The molecule has 0 saturated heterocycles. The minimum atomic E-state index is 0.349. The Kier molecular flexibility index (Phi) is 5.22. The van der Waals surface area contributed by atoms with Gasteiger partial charge in [0.15, 0.2) is 0 Å². The first-order valence-electron chi connectivity index (χ1n) is 8.63. The van der Waals surface area contributed by atoms with Crippen molar-refractivity contribution >= 4 is 0 Å². The predicted molar refractivity (Wildman–Crippen MR) is 94.5 cm³/mol. The van der Waals surface area contributed by atoms with Gasteiger partial charge in [-0.25, -0.2) is 0 Å². The number of hydrogen-bond donors (Lipinski definition) is 0. The van der Waals surface area contributed by atoms with Gasteiger partial charge in [0.05, 0.1) is 13.2 Å². The van der Waals surface area contributed by atoms with Crippen molar-refractivity contribution in [2.75, 3.05) is 7.11 Å². The Balaban J connectivity index is 1.57. The third kappa shape index (κ3) is 4.28. The van der Waals surface area contributed by atoms with Crippen LogP contribution in [0.3, 0.4) is 0 Å². The highest BCUT2D eigenvalue weighted by molar-refractivity contribution is 5.37. The number of rotatable bonds is 5. The zero-order valence-corrected chi connectivity index (χ0v) is 14.0. The molecule has 1 unspecified atom stereocenters. The molecule has 1 saturated carbocycles. The molecule has 0 N–H and O–H groups in total.